The first-order valence-electron chi connectivity index (χ1n) is 8.82. The van der Waals surface area contributed by atoms with E-state index in [1.807, 2.05) is 12.1 Å². The Labute approximate surface area is 140 Å². The summed E-state index contributed by atoms with van der Waals surface area (Å²) in [6.07, 6.45) is 6.04. The van der Waals surface area contributed by atoms with E-state index >= 15 is 0 Å². The molecule has 2 atom stereocenters. The first-order chi connectivity index (χ1) is 11.2. The number of amides is 1. The third kappa shape index (κ3) is 6.22. The van der Waals surface area contributed by atoms with E-state index in [-0.39, 0.29) is 5.91 Å². The van der Waals surface area contributed by atoms with Crippen molar-refractivity contribution in [3.63, 3.8) is 0 Å². The minimum atomic E-state index is 0.204. The fourth-order valence-electron chi connectivity index (χ4n) is 3.05. The molecule has 128 valence electrons. The van der Waals surface area contributed by atoms with Gasteiger partial charge in [-0.05, 0) is 55.8 Å². The molecule has 0 aromatic heterocycles. The second-order valence-electron chi connectivity index (χ2n) is 6.55. The summed E-state index contributed by atoms with van der Waals surface area (Å²) in [7, 11) is 1.68. The van der Waals surface area contributed by atoms with E-state index in [1.165, 1.54) is 5.56 Å². The number of nitrogens with one attached hydrogen (secondary N) is 2. The Morgan fingerprint density at radius 1 is 1.26 bits per heavy atom. The predicted octanol–water partition coefficient (Wildman–Crippen LogP) is 2.91. The maximum Gasteiger partial charge on any atom is 0.220 e. The Balaban J connectivity index is 1.56. The zero-order valence-corrected chi connectivity index (χ0v) is 14.4. The molecule has 0 spiro atoms. The van der Waals surface area contributed by atoms with Crippen molar-refractivity contribution in [3.8, 4) is 5.75 Å². The van der Waals surface area contributed by atoms with E-state index in [4.69, 9.17) is 4.74 Å². The van der Waals surface area contributed by atoms with Crippen LogP contribution in [0.25, 0.3) is 0 Å². The number of hydrogen-bond donors (Lipinski definition) is 2. The minimum absolute atomic E-state index is 0.204. The Morgan fingerprint density at radius 2 is 2.04 bits per heavy atom. The molecule has 0 saturated carbocycles. The van der Waals surface area contributed by atoms with Gasteiger partial charge < -0.3 is 15.4 Å². The molecule has 1 aliphatic rings. The smallest absolute Gasteiger partial charge is 0.220 e. The third-order valence-corrected chi connectivity index (χ3v) is 4.70. The normalized spacial score (nSPS) is 21.0. The van der Waals surface area contributed by atoms with Crippen molar-refractivity contribution in [2.75, 3.05) is 20.2 Å². The highest BCUT2D eigenvalue weighted by atomic mass is 16.5. The maximum atomic E-state index is 12.0. The SMILES string of the molecule is COc1ccc(CCCCCC(=O)NC2CNCCC2C)cc1. The summed E-state index contributed by atoms with van der Waals surface area (Å²) in [6, 6.07) is 8.53. The summed E-state index contributed by atoms with van der Waals surface area (Å²) in [5.74, 6) is 1.68. The molecule has 1 aliphatic heterocycles. The number of aryl methyl sites for hydroxylation is 1. The van der Waals surface area contributed by atoms with E-state index in [9.17, 15) is 4.79 Å². The number of hydrogen-bond acceptors (Lipinski definition) is 3. The fraction of sp³-hybridized carbons (Fsp3) is 0.632. The van der Waals surface area contributed by atoms with E-state index in [0.717, 1.165) is 50.9 Å². The van der Waals surface area contributed by atoms with Gasteiger partial charge in [0.05, 0.1) is 7.11 Å². The van der Waals surface area contributed by atoms with Gasteiger partial charge in [0, 0.05) is 19.0 Å². The van der Waals surface area contributed by atoms with Crippen molar-refractivity contribution >= 4 is 5.91 Å². The Hall–Kier alpha value is -1.55. The molecule has 1 aromatic carbocycles. The quantitative estimate of drug-likeness (QED) is 0.725. The van der Waals surface area contributed by atoms with Crippen molar-refractivity contribution in [1.29, 1.82) is 0 Å². The van der Waals surface area contributed by atoms with Crippen LogP contribution in [0.2, 0.25) is 0 Å². The summed E-state index contributed by atoms with van der Waals surface area (Å²) in [4.78, 5) is 12.0. The largest absolute Gasteiger partial charge is 0.497 e. The summed E-state index contributed by atoms with van der Waals surface area (Å²) in [5.41, 5.74) is 1.33. The lowest BCUT2D eigenvalue weighted by atomic mass is 9.94. The Bertz CT molecular complexity index is 473. The van der Waals surface area contributed by atoms with Gasteiger partial charge in [-0.15, -0.1) is 0 Å². The standard InChI is InChI=1S/C19H30N2O2/c1-15-12-13-20-14-18(15)21-19(22)7-5-3-4-6-16-8-10-17(23-2)11-9-16/h8-11,15,18,20H,3-7,12-14H2,1-2H3,(H,21,22). The molecule has 0 bridgehead atoms. The lowest BCUT2D eigenvalue weighted by molar-refractivity contribution is -0.122. The van der Waals surface area contributed by atoms with Crippen LogP contribution in [0, 0.1) is 5.92 Å². The number of benzene rings is 1. The van der Waals surface area contributed by atoms with Gasteiger partial charge in [0.15, 0.2) is 0 Å². The molecule has 1 saturated heterocycles. The number of methoxy groups -OCH3 is 1. The predicted molar refractivity (Wildman–Crippen MR) is 93.7 cm³/mol. The van der Waals surface area contributed by atoms with Gasteiger partial charge in [0.2, 0.25) is 5.91 Å². The second-order valence-corrected chi connectivity index (χ2v) is 6.55. The molecule has 1 aromatic rings. The summed E-state index contributed by atoms with van der Waals surface area (Å²) >= 11 is 0. The van der Waals surface area contributed by atoms with Crippen molar-refractivity contribution < 1.29 is 9.53 Å². The zero-order chi connectivity index (χ0) is 16.5. The molecule has 2 rings (SSSR count). The van der Waals surface area contributed by atoms with Crippen LogP contribution in [0.3, 0.4) is 0 Å². The lowest BCUT2D eigenvalue weighted by Crippen LogP contribution is -2.50. The van der Waals surface area contributed by atoms with Crippen LogP contribution in [0.4, 0.5) is 0 Å². The fourth-order valence-corrected chi connectivity index (χ4v) is 3.05. The molecule has 2 unspecified atom stereocenters. The highest BCUT2D eigenvalue weighted by Gasteiger charge is 2.22. The lowest BCUT2D eigenvalue weighted by Gasteiger charge is -2.30. The molecule has 1 heterocycles. The van der Waals surface area contributed by atoms with Crippen molar-refractivity contribution in [2.24, 2.45) is 5.92 Å². The number of rotatable bonds is 8. The number of ether oxygens (including phenoxy) is 1. The number of unbranched alkanes of at least 4 members (excludes halogenated alkanes) is 2. The third-order valence-electron chi connectivity index (χ3n) is 4.70. The number of piperidine rings is 1. The van der Waals surface area contributed by atoms with Crippen LogP contribution in [0.1, 0.15) is 44.6 Å². The van der Waals surface area contributed by atoms with Crippen molar-refractivity contribution in [3.05, 3.63) is 29.8 Å². The summed E-state index contributed by atoms with van der Waals surface area (Å²) < 4.78 is 5.16. The molecule has 0 aliphatic carbocycles. The molecular formula is C19H30N2O2. The first kappa shape index (κ1) is 17.8. The van der Waals surface area contributed by atoms with Crippen LogP contribution >= 0.6 is 0 Å². The van der Waals surface area contributed by atoms with Crippen molar-refractivity contribution in [2.45, 2.75) is 51.5 Å². The highest BCUT2D eigenvalue weighted by Crippen LogP contribution is 2.14. The molecule has 2 N–H and O–H groups in total. The molecule has 1 amide bonds. The average molecular weight is 318 g/mol. The minimum Gasteiger partial charge on any atom is -0.497 e. The zero-order valence-electron chi connectivity index (χ0n) is 14.4. The van der Waals surface area contributed by atoms with Crippen LogP contribution in [-0.4, -0.2) is 32.1 Å². The van der Waals surface area contributed by atoms with Crippen LogP contribution < -0.4 is 15.4 Å². The van der Waals surface area contributed by atoms with Crippen LogP contribution in [0.5, 0.6) is 5.75 Å². The van der Waals surface area contributed by atoms with Crippen LogP contribution in [-0.2, 0) is 11.2 Å². The molecule has 0 radical (unpaired) electrons. The van der Waals surface area contributed by atoms with Gasteiger partial charge in [-0.2, -0.15) is 0 Å². The monoisotopic (exact) mass is 318 g/mol. The van der Waals surface area contributed by atoms with Gasteiger partial charge in [-0.25, -0.2) is 0 Å². The topological polar surface area (TPSA) is 50.4 Å². The Morgan fingerprint density at radius 3 is 2.74 bits per heavy atom. The summed E-state index contributed by atoms with van der Waals surface area (Å²) in [5, 5.41) is 6.52. The molecule has 4 nitrogen and oxygen atoms in total. The number of carbonyl (C=O) groups excluding carboxylic acids is 1. The van der Waals surface area contributed by atoms with Crippen molar-refractivity contribution in [1.82, 2.24) is 10.6 Å². The second kappa shape index (κ2) is 9.56. The number of carbonyl (C=O) groups is 1. The van der Waals surface area contributed by atoms with Gasteiger partial charge in [0.1, 0.15) is 5.75 Å². The maximum absolute atomic E-state index is 12.0. The van der Waals surface area contributed by atoms with Gasteiger partial charge in [0.25, 0.3) is 0 Å². The van der Waals surface area contributed by atoms with Gasteiger partial charge in [-0.3, -0.25) is 4.79 Å². The summed E-state index contributed by atoms with van der Waals surface area (Å²) in [6.45, 7) is 4.20. The van der Waals surface area contributed by atoms with E-state index in [2.05, 4.69) is 29.7 Å². The van der Waals surface area contributed by atoms with E-state index in [1.54, 1.807) is 7.11 Å². The van der Waals surface area contributed by atoms with Crippen LogP contribution in [0.15, 0.2) is 24.3 Å². The molecule has 23 heavy (non-hydrogen) atoms. The van der Waals surface area contributed by atoms with E-state index in [0.29, 0.717) is 18.4 Å². The first-order valence-corrected chi connectivity index (χ1v) is 8.82. The van der Waals surface area contributed by atoms with Gasteiger partial charge in [-0.1, -0.05) is 25.5 Å². The highest BCUT2D eigenvalue weighted by molar-refractivity contribution is 5.76. The molecule has 4 heteroatoms. The van der Waals surface area contributed by atoms with Gasteiger partial charge >= 0.3 is 0 Å². The van der Waals surface area contributed by atoms with E-state index < -0.39 is 0 Å². The molecular weight excluding hydrogens is 288 g/mol. The molecule has 1 fully saturated rings. The Kier molecular flexibility index (Phi) is 7.40. The average Bonchev–Trinajstić information content (AvgIpc) is 2.57.